The molecule has 64 valence electrons. The maximum Gasteiger partial charge on any atom is 0.165 e. The van der Waals surface area contributed by atoms with Crippen LogP contribution >= 0.6 is 11.6 Å². The van der Waals surface area contributed by atoms with Crippen LogP contribution in [0.25, 0.3) is 6.08 Å². The molecule has 3 heteroatoms. The van der Waals surface area contributed by atoms with Crippen LogP contribution in [0.15, 0.2) is 12.6 Å². The van der Waals surface area contributed by atoms with E-state index < -0.39 is 5.82 Å². The van der Waals surface area contributed by atoms with Gasteiger partial charge in [-0.3, -0.25) is 0 Å². The summed E-state index contributed by atoms with van der Waals surface area (Å²) in [5.41, 5.74) is 1.48. The van der Waals surface area contributed by atoms with Gasteiger partial charge in [-0.05, 0) is 24.1 Å². The molecule has 0 aliphatic heterocycles. The molecule has 0 amide bonds. The molecular weight excluding hydrogens is 177 g/mol. The van der Waals surface area contributed by atoms with Crippen LogP contribution < -0.4 is 0 Å². The monoisotopic (exact) mass is 185 g/mol. The predicted octanol–water partition coefficient (Wildman–Crippen LogP) is 3.08. The number of hydrogen-bond donors (Lipinski definition) is 0. The normalized spacial score (nSPS) is 9.92. The average Bonchev–Trinajstić information content (AvgIpc) is 2.09. The van der Waals surface area contributed by atoms with E-state index in [1.165, 1.54) is 6.07 Å². The maximum atomic E-state index is 12.9. The second-order valence-electron chi connectivity index (χ2n) is 2.36. The number of rotatable bonds is 2. The smallest absolute Gasteiger partial charge is 0.165 e. The van der Waals surface area contributed by atoms with E-state index in [-0.39, 0.29) is 5.15 Å². The van der Waals surface area contributed by atoms with Crippen molar-refractivity contribution in [2.45, 2.75) is 13.3 Å². The van der Waals surface area contributed by atoms with E-state index in [0.717, 1.165) is 12.0 Å². The average molecular weight is 186 g/mol. The Kier molecular flexibility index (Phi) is 2.82. The first-order chi connectivity index (χ1) is 5.69. The molecule has 0 fully saturated rings. The van der Waals surface area contributed by atoms with Gasteiger partial charge >= 0.3 is 0 Å². The van der Waals surface area contributed by atoms with Gasteiger partial charge in [0.2, 0.25) is 0 Å². The van der Waals surface area contributed by atoms with Crippen LogP contribution in [0.5, 0.6) is 0 Å². The van der Waals surface area contributed by atoms with Crippen molar-refractivity contribution in [1.29, 1.82) is 0 Å². The number of aryl methyl sites for hydroxylation is 1. The second kappa shape index (κ2) is 3.68. The van der Waals surface area contributed by atoms with Crippen molar-refractivity contribution in [3.63, 3.8) is 0 Å². The van der Waals surface area contributed by atoms with Gasteiger partial charge in [-0.15, -0.1) is 0 Å². The Morgan fingerprint density at radius 3 is 2.92 bits per heavy atom. The Hall–Kier alpha value is -0.890. The van der Waals surface area contributed by atoms with Gasteiger partial charge in [0.15, 0.2) is 11.0 Å². The van der Waals surface area contributed by atoms with E-state index in [1.54, 1.807) is 6.08 Å². The summed E-state index contributed by atoms with van der Waals surface area (Å²) in [5.74, 6) is -0.473. The highest BCUT2D eigenvalue weighted by atomic mass is 35.5. The second-order valence-corrected chi connectivity index (χ2v) is 2.72. The Morgan fingerprint density at radius 2 is 2.42 bits per heavy atom. The molecule has 1 aromatic heterocycles. The SMILES string of the molecule is C=Cc1nc(Cl)c(F)cc1CC. The molecular formula is C9H9ClFN. The van der Waals surface area contributed by atoms with E-state index in [1.807, 2.05) is 6.92 Å². The highest BCUT2D eigenvalue weighted by Crippen LogP contribution is 2.17. The summed E-state index contributed by atoms with van der Waals surface area (Å²) >= 11 is 5.49. The Labute approximate surface area is 75.9 Å². The molecule has 1 aromatic rings. The zero-order valence-electron chi connectivity index (χ0n) is 6.77. The molecule has 1 nitrogen and oxygen atoms in total. The summed E-state index contributed by atoms with van der Waals surface area (Å²) in [6.45, 7) is 5.49. The van der Waals surface area contributed by atoms with Gasteiger partial charge in [-0.1, -0.05) is 25.1 Å². The molecule has 1 heterocycles. The molecule has 0 bridgehead atoms. The predicted molar refractivity (Wildman–Crippen MR) is 48.7 cm³/mol. The fourth-order valence-electron chi connectivity index (χ4n) is 0.977. The first-order valence-corrected chi connectivity index (χ1v) is 4.04. The molecule has 0 unspecified atom stereocenters. The zero-order chi connectivity index (χ0) is 9.14. The lowest BCUT2D eigenvalue weighted by Crippen LogP contribution is -1.94. The third-order valence-corrected chi connectivity index (χ3v) is 1.88. The molecule has 0 saturated heterocycles. The zero-order valence-corrected chi connectivity index (χ0v) is 7.53. The summed E-state index contributed by atoms with van der Waals surface area (Å²) < 4.78 is 12.9. The number of hydrogen-bond acceptors (Lipinski definition) is 1. The Balaban J connectivity index is 3.28. The molecule has 0 aliphatic rings. The molecule has 0 atom stereocenters. The van der Waals surface area contributed by atoms with E-state index in [9.17, 15) is 4.39 Å². The summed E-state index contributed by atoms with van der Waals surface area (Å²) in [4.78, 5) is 3.83. The van der Waals surface area contributed by atoms with E-state index >= 15 is 0 Å². The van der Waals surface area contributed by atoms with Crippen LogP contribution in [0.2, 0.25) is 5.15 Å². The minimum atomic E-state index is -0.473. The quantitative estimate of drug-likeness (QED) is 0.646. The van der Waals surface area contributed by atoms with Crippen LogP contribution in [-0.2, 0) is 6.42 Å². The Bertz CT molecular complexity index is 310. The third-order valence-electron chi connectivity index (χ3n) is 1.62. The molecule has 0 aromatic carbocycles. The van der Waals surface area contributed by atoms with Gasteiger partial charge in [-0.25, -0.2) is 9.37 Å². The number of pyridine rings is 1. The largest absolute Gasteiger partial charge is 0.233 e. The van der Waals surface area contributed by atoms with Crippen LogP contribution in [0, 0.1) is 5.82 Å². The first-order valence-electron chi connectivity index (χ1n) is 3.66. The number of halogens is 2. The van der Waals surface area contributed by atoms with Gasteiger partial charge in [0.1, 0.15) is 0 Å². The van der Waals surface area contributed by atoms with Crippen LogP contribution in [0.3, 0.4) is 0 Å². The molecule has 0 spiro atoms. The summed E-state index contributed by atoms with van der Waals surface area (Å²) in [6, 6.07) is 1.40. The standard InChI is InChI=1S/C9H9ClFN/c1-3-6-5-7(11)9(10)12-8(6)4-2/h4-5H,2-3H2,1H3. The lowest BCUT2D eigenvalue weighted by molar-refractivity contribution is 0.619. The van der Waals surface area contributed by atoms with Gasteiger partial charge in [0.25, 0.3) is 0 Å². The molecule has 0 N–H and O–H groups in total. The lowest BCUT2D eigenvalue weighted by Gasteiger charge is -2.02. The fraction of sp³-hybridized carbons (Fsp3) is 0.222. The molecule has 12 heavy (non-hydrogen) atoms. The van der Waals surface area contributed by atoms with Crippen molar-refractivity contribution in [3.8, 4) is 0 Å². The summed E-state index contributed by atoms with van der Waals surface area (Å²) in [5, 5.41) is -0.0953. The van der Waals surface area contributed by atoms with Crippen molar-refractivity contribution in [2.24, 2.45) is 0 Å². The van der Waals surface area contributed by atoms with Crippen molar-refractivity contribution in [3.05, 3.63) is 34.9 Å². The van der Waals surface area contributed by atoms with Gasteiger partial charge in [0, 0.05) is 0 Å². The van der Waals surface area contributed by atoms with E-state index in [4.69, 9.17) is 11.6 Å². The minimum Gasteiger partial charge on any atom is -0.233 e. The molecule has 1 rings (SSSR count). The van der Waals surface area contributed by atoms with Crippen LogP contribution in [-0.4, -0.2) is 4.98 Å². The highest BCUT2D eigenvalue weighted by molar-refractivity contribution is 6.29. The number of nitrogens with zero attached hydrogens (tertiary/aromatic N) is 1. The van der Waals surface area contributed by atoms with E-state index in [2.05, 4.69) is 11.6 Å². The fourth-order valence-corrected chi connectivity index (χ4v) is 1.12. The van der Waals surface area contributed by atoms with Crippen molar-refractivity contribution >= 4 is 17.7 Å². The summed E-state index contributed by atoms with van der Waals surface area (Å²) in [6.07, 6.45) is 2.30. The van der Waals surface area contributed by atoms with Crippen LogP contribution in [0.4, 0.5) is 4.39 Å². The van der Waals surface area contributed by atoms with Crippen molar-refractivity contribution in [2.75, 3.05) is 0 Å². The Morgan fingerprint density at radius 1 is 1.75 bits per heavy atom. The molecule has 0 aliphatic carbocycles. The van der Waals surface area contributed by atoms with Crippen molar-refractivity contribution < 1.29 is 4.39 Å². The first kappa shape index (κ1) is 9.20. The topological polar surface area (TPSA) is 12.9 Å². The molecule has 0 radical (unpaired) electrons. The highest BCUT2D eigenvalue weighted by Gasteiger charge is 2.05. The van der Waals surface area contributed by atoms with Crippen LogP contribution in [0.1, 0.15) is 18.2 Å². The summed E-state index contributed by atoms with van der Waals surface area (Å²) in [7, 11) is 0. The lowest BCUT2D eigenvalue weighted by atomic mass is 10.1. The van der Waals surface area contributed by atoms with E-state index in [0.29, 0.717) is 5.69 Å². The van der Waals surface area contributed by atoms with Crippen molar-refractivity contribution in [1.82, 2.24) is 4.98 Å². The number of aromatic nitrogens is 1. The van der Waals surface area contributed by atoms with Gasteiger partial charge in [0.05, 0.1) is 5.69 Å². The van der Waals surface area contributed by atoms with Gasteiger partial charge in [-0.2, -0.15) is 0 Å². The van der Waals surface area contributed by atoms with Gasteiger partial charge < -0.3 is 0 Å². The minimum absolute atomic E-state index is 0.0953. The maximum absolute atomic E-state index is 12.9. The third kappa shape index (κ3) is 1.64. The molecule has 0 saturated carbocycles.